The summed E-state index contributed by atoms with van der Waals surface area (Å²) < 4.78 is 28.0. The van der Waals surface area contributed by atoms with Gasteiger partial charge < -0.3 is 9.80 Å². The molecule has 0 saturated carbocycles. The molecule has 0 aromatic heterocycles. The molecule has 130 valence electrons. The number of nitrogens with zero attached hydrogens (tertiary/aromatic N) is 4. The summed E-state index contributed by atoms with van der Waals surface area (Å²) in [6.45, 7) is 3.37. The molecule has 0 aliphatic carbocycles. The molecule has 0 unspecified atom stereocenters. The molecule has 1 amide bonds. The van der Waals surface area contributed by atoms with Crippen molar-refractivity contribution < 1.29 is 13.2 Å². The molecule has 0 spiro atoms. The Morgan fingerprint density at radius 2 is 1.92 bits per heavy atom. The van der Waals surface area contributed by atoms with Crippen molar-refractivity contribution in [3.63, 3.8) is 0 Å². The Balaban J connectivity index is 1.65. The van der Waals surface area contributed by atoms with Gasteiger partial charge in [0.1, 0.15) is 4.90 Å². The summed E-state index contributed by atoms with van der Waals surface area (Å²) in [5.41, 5.74) is 3.39. The van der Waals surface area contributed by atoms with E-state index in [4.69, 9.17) is 0 Å². The van der Waals surface area contributed by atoms with Crippen molar-refractivity contribution in [1.82, 2.24) is 20.2 Å². The van der Waals surface area contributed by atoms with Gasteiger partial charge in [-0.05, 0) is 19.2 Å². The SMILES string of the molecule is CN1CCN(NC(=O)CN(C)C2=NS(=O)(=O)c3ccccc32)CC1. The molecule has 1 saturated heterocycles. The monoisotopic (exact) mass is 351 g/mol. The first-order valence-electron chi connectivity index (χ1n) is 7.75. The molecule has 0 bridgehead atoms. The van der Waals surface area contributed by atoms with Gasteiger partial charge in [-0.25, -0.2) is 5.01 Å². The zero-order valence-corrected chi connectivity index (χ0v) is 14.6. The highest BCUT2D eigenvalue weighted by atomic mass is 32.2. The second-order valence-corrected chi connectivity index (χ2v) is 7.64. The van der Waals surface area contributed by atoms with Crippen LogP contribution in [0.5, 0.6) is 0 Å². The number of fused-ring (bicyclic) bond motifs is 1. The van der Waals surface area contributed by atoms with Crippen molar-refractivity contribution >= 4 is 21.8 Å². The number of rotatable bonds is 3. The van der Waals surface area contributed by atoms with E-state index >= 15 is 0 Å². The number of likely N-dealkylation sites (N-methyl/N-ethyl adjacent to an activating group) is 2. The summed E-state index contributed by atoms with van der Waals surface area (Å²) >= 11 is 0. The van der Waals surface area contributed by atoms with Crippen LogP contribution in [0.15, 0.2) is 33.6 Å². The molecule has 8 nitrogen and oxygen atoms in total. The number of piperazine rings is 1. The number of carbonyl (C=O) groups is 1. The van der Waals surface area contributed by atoms with Gasteiger partial charge in [0.15, 0.2) is 5.84 Å². The average molecular weight is 351 g/mol. The maximum atomic E-state index is 12.2. The van der Waals surface area contributed by atoms with Crippen molar-refractivity contribution in [2.24, 2.45) is 4.40 Å². The van der Waals surface area contributed by atoms with E-state index in [1.807, 2.05) is 12.1 Å². The van der Waals surface area contributed by atoms with E-state index in [2.05, 4.69) is 14.7 Å². The van der Waals surface area contributed by atoms with Crippen LogP contribution in [0, 0.1) is 0 Å². The second-order valence-electron chi connectivity index (χ2n) is 6.07. The van der Waals surface area contributed by atoms with E-state index in [0.29, 0.717) is 11.4 Å². The third-order valence-electron chi connectivity index (χ3n) is 4.14. The van der Waals surface area contributed by atoms with Crippen LogP contribution in [0.1, 0.15) is 5.56 Å². The average Bonchev–Trinajstić information content (AvgIpc) is 2.82. The minimum atomic E-state index is -3.67. The smallest absolute Gasteiger partial charge is 0.285 e. The normalized spacial score (nSPS) is 20.3. The summed E-state index contributed by atoms with van der Waals surface area (Å²) in [5, 5.41) is 1.89. The maximum Gasteiger partial charge on any atom is 0.285 e. The largest absolute Gasteiger partial charge is 0.349 e. The highest BCUT2D eigenvalue weighted by Crippen LogP contribution is 2.26. The number of nitrogens with one attached hydrogen (secondary N) is 1. The fourth-order valence-electron chi connectivity index (χ4n) is 2.78. The van der Waals surface area contributed by atoms with Crippen LogP contribution in [-0.4, -0.2) is 81.8 Å². The van der Waals surface area contributed by atoms with E-state index in [1.165, 1.54) is 6.07 Å². The van der Waals surface area contributed by atoms with Crippen molar-refractivity contribution in [1.29, 1.82) is 0 Å². The predicted octanol–water partition coefficient (Wildman–Crippen LogP) is -0.654. The number of benzene rings is 1. The third kappa shape index (κ3) is 3.42. The molecule has 3 rings (SSSR count). The molecule has 2 heterocycles. The van der Waals surface area contributed by atoms with Crippen LogP contribution >= 0.6 is 0 Å². The molecule has 24 heavy (non-hydrogen) atoms. The van der Waals surface area contributed by atoms with Gasteiger partial charge in [-0.15, -0.1) is 4.40 Å². The number of hydrogen-bond donors (Lipinski definition) is 1. The first-order valence-corrected chi connectivity index (χ1v) is 9.19. The van der Waals surface area contributed by atoms with Gasteiger partial charge in [0, 0.05) is 38.8 Å². The van der Waals surface area contributed by atoms with Gasteiger partial charge in [-0.3, -0.25) is 10.2 Å². The van der Waals surface area contributed by atoms with Gasteiger partial charge in [0.05, 0.1) is 6.54 Å². The third-order valence-corrected chi connectivity index (χ3v) is 5.47. The molecule has 9 heteroatoms. The van der Waals surface area contributed by atoms with Crippen LogP contribution in [0.25, 0.3) is 0 Å². The van der Waals surface area contributed by atoms with Gasteiger partial charge in [0.25, 0.3) is 15.9 Å². The number of amides is 1. The molecule has 1 aromatic rings. The van der Waals surface area contributed by atoms with E-state index in [9.17, 15) is 13.2 Å². The van der Waals surface area contributed by atoms with Gasteiger partial charge >= 0.3 is 0 Å². The van der Waals surface area contributed by atoms with Crippen molar-refractivity contribution in [2.45, 2.75) is 4.90 Å². The summed E-state index contributed by atoms with van der Waals surface area (Å²) in [5.74, 6) is 0.116. The Hall–Kier alpha value is -1.97. The standard InChI is InChI=1S/C15H21N5O3S/c1-18-7-9-20(10-8-18)16-14(21)11-19(2)15-12-5-3-4-6-13(12)24(22,23)17-15/h3-6H,7-11H2,1-2H3,(H,16,21). The highest BCUT2D eigenvalue weighted by Gasteiger charge is 2.31. The Morgan fingerprint density at radius 1 is 1.25 bits per heavy atom. The Morgan fingerprint density at radius 3 is 2.62 bits per heavy atom. The first-order chi connectivity index (χ1) is 11.4. The predicted molar refractivity (Wildman–Crippen MR) is 90.0 cm³/mol. The van der Waals surface area contributed by atoms with Crippen molar-refractivity contribution in [2.75, 3.05) is 46.8 Å². The molecular formula is C15H21N5O3S. The van der Waals surface area contributed by atoms with Gasteiger partial charge in [-0.2, -0.15) is 8.42 Å². The van der Waals surface area contributed by atoms with Crippen LogP contribution in [0.2, 0.25) is 0 Å². The number of carbonyl (C=O) groups excluding carboxylic acids is 1. The van der Waals surface area contributed by atoms with E-state index in [-0.39, 0.29) is 17.3 Å². The van der Waals surface area contributed by atoms with Crippen LogP contribution in [-0.2, 0) is 14.8 Å². The molecule has 1 aromatic carbocycles. The lowest BCUT2D eigenvalue weighted by Crippen LogP contribution is -2.54. The van der Waals surface area contributed by atoms with E-state index in [1.54, 1.807) is 30.1 Å². The summed E-state index contributed by atoms with van der Waals surface area (Å²) in [6, 6.07) is 6.65. The lowest BCUT2D eigenvalue weighted by molar-refractivity contribution is -0.126. The Bertz CT molecular complexity index is 769. The van der Waals surface area contributed by atoms with E-state index < -0.39 is 10.0 Å². The lowest BCUT2D eigenvalue weighted by atomic mass is 10.2. The zero-order chi connectivity index (χ0) is 17.3. The molecule has 1 fully saturated rings. The fraction of sp³-hybridized carbons (Fsp3) is 0.467. The fourth-order valence-corrected chi connectivity index (χ4v) is 4.04. The quantitative estimate of drug-likeness (QED) is 0.779. The minimum absolute atomic E-state index is 0.0367. The van der Waals surface area contributed by atoms with Crippen LogP contribution in [0.4, 0.5) is 0 Å². The van der Waals surface area contributed by atoms with E-state index in [0.717, 1.165) is 26.2 Å². The number of amidine groups is 1. The topological polar surface area (TPSA) is 85.3 Å². The molecule has 0 radical (unpaired) electrons. The first kappa shape index (κ1) is 16.9. The van der Waals surface area contributed by atoms with Gasteiger partial charge in [-0.1, -0.05) is 12.1 Å². The zero-order valence-electron chi connectivity index (χ0n) is 13.8. The van der Waals surface area contributed by atoms with Crippen LogP contribution < -0.4 is 5.43 Å². The lowest BCUT2D eigenvalue weighted by Gasteiger charge is -2.32. The number of hydrogen-bond acceptors (Lipinski definition) is 6. The summed E-state index contributed by atoms with van der Waals surface area (Å²) in [4.78, 5) is 16.2. The van der Waals surface area contributed by atoms with Crippen molar-refractivity contribution in [3.05, 3.63) is 29.8 Å². The molecule has 0 atom stereocenters. The van der Waals surface area contributed by atoms with Gasteiger partial charge in [0.2, 0.25) is 0 Å². The maximum absolute atomic E-state index is 12.2. The number of hydrazine groups is 1. The highest BCUT2D eigenvalue weighted by molar-refractivity contribution is 7.90. The second kappa shape index (κ2) is 6.50. The number of sulfonamides is 1. The molecular weight excluding hydrogens is 330 g/mol. The summed E-state index contributed by atoms with van der Waals surface area (Å²) in [6.07, 6.45) is 0. The molecule has 1 N–H and O–H groups in total. The molecule has 2 aliphatic heterocycles. The minimum Gasteiger partial charge on any atom is -0.349 e. The Kier molecular flexibility index (Phi) is 4.57. The molecule has 2 aliphatic rings. The van der Waals surface area contributed by atoms with Crippen molar-refractivity contribution in [3.8, 4) is 0 Å². The summed E-state index contributed by atoms with van der Waals surface area (Å²) in [7, 11) is 0.0411. The van der Waals surface area contributed by atoms with Crippen LogP contribution in [0.3, 0.4) is 0 Å². The Labute approximate surface area is 141 Å².